The Bertz CT molecular complexity index is 454. The molecule has 0 bridgehead atoms. The third kappa shape index (κ3) is 2.62. The van der Waals surface area contributed by atoms with Crippen LogP contribution < -0.4 is 5.32 Å². The molecule has 1 heterocycles. The monoisotopic (exact) mass is 244 g/mol. The topological polar surface area (TPSA) is 32.3 Å². The normalized spacial score (nSPS) is 13.8. The average molecular weight is 244 g/mol. The first-order valence-electron chi connectivity index (χ1n) is 6.49. The zero-order valence-electron chi connectivity index (χ0n) is 10.9. The Morgan fingerprint density at radius 3 is 3.06 bits per heavy atom. The Morgan fingerprint density at radius 2 is 2.33 bits per heavy atom. The van der Waals surface area contributed by atoms with E-state index in [4.69, 9.17) is 0 Å². The maximum Gasteiger partial charge on any atom is 0.254 e. The second kappa shape index (κ2) is 5.83. The van der Waals surface area contributed by atoms with Crippen molar-refractivity contribution in [1.82, 2.24) is 10.2 Å². The maximum atomic E-state index is 12.3. The van der Waals surface area contributed by atoms with Gasteiger partial charge in [-0.2, -0.15) is 0 Å². The molecule has 3 nitrogen and oxygen atoms in total. The van der Waals surface area contributed by atoms with E-state index in [0.29, 0.717) is 13.1 Å². The van der Waals surface area contributed by atoms with Crippen molar-refractivity contribution in [3.8, 4) is 0 Å². The quantitative estimate of drug-likeness (QED) is 0.821. The number of hydrogen-bond donors (Lipinski definition) is 1. The number of rotatable bonds is 4. The van der Waals surface area contributed by atoms with Crippen molar-refractivity contribution >= 4 is 5.91 Å². The first-order valence-corrected chi connectivity index (χ1v) is 6.49. The van der Waals surface area contributed by atoms with Crippen LogP contribution in [0.4, 0.5) is 0 Å². The highest BCUT2D eigenvalue weighted by Crippen LogP contribution is 2.17. The second-order valence-corrected chi connectivity index (χ2v) is 4.54. The number of hydrogen-bond acceptors (Lipinski definition) is 2. The van der Waals surface area contributed by atoms with E-state index < -0.39 is 0 Å². The van der Waals surface area contributed by atoms with Crippen LogP contribution in [0.5, 0.6) is 0 Å². The van der Waals surface area contributed by atoms with Gasteiger partial charge in [0.15, 0.2) is 0 Å². The summed E-state index contributed by atoms with van der Waals surface area (Å²) in [4.78, 5) is 14.1. The summed E-state index contributed by atoms with van der Waals surface area (Å²) in [5, 5.41) is 3.33. The van der Waals surface area contributed by atoms with Crippen molar-refractivity contribution in [1.29, 1.82) is 0 Å². The minimum absolute atomic E-state index is 0.0887. The lowest BCUT2D eigenvalue weighted by atomic mass is 9.98. The van der Waals surface area contributed by atoms with Crippen LogP contribution in [0.1, 0.15) is 28.4 Å². The standard InChI is InChI=1S/C15H20N2O/c1-3-9-17(4-2)15(18)13-6-5-12-7-8-16-11-14(12)10-13/h3,5-6,10,16H,1,4,7-9,11H2,2H3. The van der Waals surface area contributed by atoms with Crippen LogP contribution >= 0.6 is 0 Å². The summed E-state index contributed by atoms with van der Waals surface area (Å²) in [6.07, 6.45) is 2.81. The molecule has 1 aromatic carbocycles. The fraction of sp³-hybridized carbons (Fsp3) is 0.400. The Labute approximate surface area is 108 Å². The van der Waals surface area contributed by atoms with E-state index in [2.05, 4.69) is 18.0 Å². The summed E-state index contributed by atoms with van der Waals surface area (Å²) in [7, 11) is 0. The van der Waals surface area contributed by atoms with Gasteiger partial charge in [-0.3, -0.25) is 4.79 Å². The molecule has 18 heavy (non-hydrogen) atoms. The molecule has 0 aliphatic carbocycles. The van der Waals surface area contributed by atoms with Gasteiger partial charge in [-0.15, -0.1) is 6.58 Å². The van der Waals surface area contributed by atoms with E-state index >= 15 is 0 Å². The molecule has 2 rings (SSSR count). The van der Waals surface area contributed by atoms with E-state index in [9.17, 15) is 4.79 Å². The molecule has 0 aromatic heterocycles. The molecular formula is C15H20N2O. The lowest BCUT2D eigenvalue weighted by Crippen LogP contribution is -2.31. The molecule has 0 saturated carbocycles. The van der Waals surface area contributed by atoms with E-state index in [1.165, 1.54) is 11.1 Å². The van der Waals surface area contributed by atoms with Crippen LogP contribution in [0.3, 0.4) is 0 Å². The van der Waals surface area contributed by atoms with Crippen molar-refractivity contribution < 1.29 is 4.79 Å². The third-order valence-electron chi connectivity index (χ3n) is 3.36. The summed E-state index contributed by atoms with van der Waals surface area (Å²) in [6.45, 7) is 8.88. The van der Waals surface area contributed by atoms with Gasteiger partial charge in [0.1, 0.15) is 0 Å². The highest BCUT2D eigenvalue weighted by molar-refractivity contribution is 5.94. The molecule has 0 fully saturated rings. The number of amides is 1. The number of nitrogens with one attached hydrogen (secondary N) is 1. The number of benzene rings is 1. The number of fused-ring (bicyclic) bond motifs is 1. The summed E-state index contributed by atoms with van der Waals surface area (Å²) in [5.74, 6) is 0.0887. The molecular weight excluding hydrogens is 224 g/mol. The van der Waals surface area contributed by atoms with Crippen molar-refractivity contribution in [3.05, 3.63) is 47.5 Å². The van der Waals surface area contributed by atoms with Crippen molar-refractivity contribution in [3.63, 3.8) is 0 Å². The smallest absolute Gasteiger partial charge is 0.254 e. The Balaban J connectivity index is 2.22. The maximum absolute atomic E-state index is 12.3. The third-order valence-corrected chi connectivity index (χ3v) is 3.36. The van der Waals surface area contributed by atoms with Crippen LogP contribution in [-0.4, -0.2) is 30.4 Å². The molecule has 1 aliphatic rings. The van der Waals surface area contributed by atoms with E-state index in [-0.39, 0.29) is 5.91 Å². The zero-order chi connectivity index (χ0) is 13.0. The van der Waals surface area contributed by atoms with Crippen molar-refractivity contribution in [2.24, 2.45) is 0 Å². The molecule has 0 spiro atoms. The fourth-order valence-corrected chi connectivity index (χ4v) is 2.31. The lowest BCUT2D eigenvalue weighted by molar-refractivity contribution is 0.0782. The highest BCUT2D eigenvalue weighted by atomic mass is 16.2. The van der Waals surface area contributed by atoms with Gasteiger partial charge in [-0.25, -0.2) is 0 Å². The van der Waals surface area contributed by atoms with Crippen LogP contribution in [0, 0.1) is 0 Å². The number of carbonyl (C=O) groups excluding carboxylic acids is 1. The number of likely N-dealkylation sites (N-methyl/N-ethyl adjacent to an activating group) is 1. The predicted octanol–water partition coefficient (Wildman–Crippen LogP) is 1.98. The molecule has 0 atom stereocenters. The van der Waals surface area contributed by atoms with Gasteiger partial charge >= 0.3 is 0 Å². The fourth-order valence-electron chi connectivity index (χ4n) is 2.31. The molecule has 0 radical (unpaired) electrons. The van der Waals surface area contributed by atoms with Gasteiger partial charge in [0.25, 0.3) is 5.91 Å². The molecule has 96 valence electrons. The van der Waals surface area contributed by atoms with Gasteiger partial charge in [0, 0.05) is 25.2 Å². The molecule has 0 saturated heterocycles. The second-order valence-electron chi connectivity index (χ2n) is 4.54. The van der Waals surface area contributed by atoms with Gasteiger partial charge in [0.2, 0.25) is 0 Å². The van der Waals surface area contributed by atoms with Crippen LogP contribution in [0.2, 0.25) is 0 Å². The van der Waals surface area contributed by atoms with E-state index in [1.54, 1.807) is 11.0 Å². The molecule has 1 aliphatic heterocycles. The lowest BCUT2D eigenvalue weighted by Gasteiger charge is -2.21. The summed E-state index contributed by atoms with van der Waals surface area (Å²) < 4.78 is 0. The van der Waals surface area contributed by atoms with Gasteiger partial charge in [0.05, 0.1) is 0 Å². The summed E-state index contributed by atoms with van der Waals surface area (Å²) in [5.41, 5.74) is 3.39. The number of nitrogens with zero attached hydrogens (tertiary/aromatic N) is 1. The minimum Gasteiger partial charge on any atom is -0.335 e. The number of carbonyl (C=O) groups is 1. The molecule has 1 N–H and O–H groups in total. The van der Waals surface area contributed by atoms with Crippen LogP contribution in [0.25, 0.3) is 0 Å². The SMILES string of the molecule is C=CCN(CC)C(=O)c1ccc2c(c1)CNCC2. The largest absolute Gasteiger partial charge is 0.335 e. The molecule has 3 heteroatoms. The molecule has 1 amide bonds. The molecule has 0 unspecified atom stereocenters. The van der Waals surface area contributed by atoms with Crippen LogP contribution in [-0.2, 0) is 13.0 Å². The summed E-state index contributed by atoms with van der Waals surface area (Å²) >= 11 is 0. The van der Waals surface area contributed by atoms with Gasteiger partial charge in [-0.1, -0.05) is 12.1 Å². The first kappa shape index (κ1) is 12.8. The highest BCUT2D eigenvalue weighted by Gasteiger charge is 2.15. The van der Waals surface area contributed by atoms with E-state index in [1.807, 2.05) is 19.1 Å². The van der Waals surface area contributed by atoms with Crippen molar-refractivity contribution in [2.45, 2.75) is 19.9 Å². The summed E-state index contributed by atoms with van der Waals surface area (Å²) in [6, 6.07) is 6.05. The average Bonchev–Trinajstić information content (AvgIpc) is 2.43. The van der Waals surface area contributed by atoms with Gasteiger partial charge < -0.3 is 10.2 Å². The van der Waals surface area contributed by atoms with Crippen LogP contribution in [0.15, 0.2) is 30.9 Å². The predicted molar refractivity (Wildman–Crippen MR) is 73.6 cm³/mol. The van der Waals surface area contributed by atoms with Crippen molar-refractivity contribution in [2.75, 3.05) is 19.6 Å². The molecule has 1 aromatic rings. The first-order chi connectivity index (χ1) is 8.76. The van der Waals surface area contributed by atoms with E-state index in [0.717, 1.165) is 25.1 Å². The Hall–Kier alpha value is -1.61. The van der Waals surface area contributed by atoms with Gasteiger partial charge in [-0.05, 0) is 43.1 Å². The Morgan fingerprint density at radius 1 is 1.50 bits per heavy atom. The Kier molecular flexibility index (Phi) is 4.15. The zero-order valence-corrected chi connectivity index (χ0v) is 10.9. The minimum atomic E-state index is 0.0887.